The molecule has 0 spiro atoms. The number of thiazole rings is 1. The third-order valence-corrected chi connectivity index (χ3v) is 9.74. The fourth-order valence-electron chi connectivity index (χ4n) is 2.77. The summed E-state index contributed by atoms with van der Waals surface area (Å²) in [5.41, 5.74) is 1.24. The van der Waals surface area contributed by atoms with Crippen LogP contribution in [0.4, 0.5) is 5.69 Å². The number of sulfonamides is 2. The predicted molar refractivity (Wildman–Crippen MR) is 119 cm³/mol. The van der Waals surface area contributed by atoms with Crippen LogP contribution in [0.25, 0.3) is 10.2 Å². The number of rotatable bonds is 8. The number of thioether (sulfide) groups is 1. The molecule has 0 radical (unpaired) electrons. The van der Waals surface area contributed by atoms with Crippen LogP contribution in [0.2, 0.25) is 0 Å². The molecule has 1 heterocycles. The maximum Gasteiger partial charge on any atom is 0.261 e. The molecule has 3 aromatic rings. The molecule has 2 aromatic carbocycles. The molecule has 0 unspecified atom stereocenters. The molecule has 29 heavy (non-hydrogen) atoms. The zero-order valence-corrected chi connectivity index (χ0v) is 19.4. The van der Waals surface area contributed by atoms with Gasteiger partial charge in [-0.05, 0) is 48.7 Å². The van der Waals surface area contributed by atoms with Crippen LogP contribution in [0.15, 0.2) is 56.6 Å². The quantitative estimate of drug-likeness (QED) is 0.501. The fourth-order valence-corrected chi connectivity index (χ4v) is 6.81. The number of hydrogen-bond acceptors (Lipinski definition) is 7. The first-order valence-electron chi connectivity index (χ1n) is 8.79. The summed E-state index contributed by atoms with van der Waals surface area (Å²) >= 11 is 3.03. The second kappa shape index (κ2) is 8.60. The highest BCUT2D eigenvalue weighted by Gasteiger charge is 2.23. The van der Waals surface area contributed by atoms with Crippen LogP contribution in [0.1, 0.15) is 13.8 Å². The van der Waals surface area contributed by atoms with Gasteiger partial charge in [0, 0.05) is 13.1 Å². The average Bonchev–Trinajstić information content (AvgIpc) is 3.11. The first-order chi connectivity index (χ1) is 13.7. The molecule has 0 saturated carbocycles. The maximum atomic E-state index is 12.7. The predicted octanol–water partition coefficient (Wildman–Crippen LogP) is 3.85. The lowest BCUT2D eigenvalue weighted by atomic mass is 10.3. The lowest BCUT2D eigenvalue weighted by Crippen LogP contribution is -2.30. The van der Waals surface area contributed by atoms with E-state index < -0.39 is 20.0 Å². The summed E-state index contributed by atoms with van der Waals surface area (Å²) in [5.74, 6) is 0. The van der Waals surface area contributed by atoms with Crippen LogP contribution in [-0.4, -0.2) is 45.5 Å². The molecule has 3 rings (SSSR count). The van der Waals surface area contributed by atoms with Gasteiger partial charge in [-0.3, -0.25) is 4.72 Å². The van der Waals surface area contributed by atoms with Crippen molar-refractivity contribution in [3.8, 4) is 0 Å². The van der Waals surface area contributed by atoms with Crippen molar-refractivity contribution in [2.24, 2.45) is 0 Å². The van der Waals surface area contributed by atoms with Crippen molar-refractivity contribution in [3.05, 3.63) is 42.5 Å². The van der Waals surface area contributed by atoms with E-state index in [1.807, 2.05) is 6.26 Å². The summed E-state index contributed by atoms with van der Waals surface area (Å²) in [4.78, 5) is 4.49. The van der Waals surface area contributed by atoms with Crippen molar-refractivity contribution < 1.29 is 16.8 Å². The Bertz CT molecular complexity index is 1220. The van der Waals surface area contributed by atoms with Crippen molar-refractivity contribution in [1.82, 2.24) is 9.29 Å². The Morgan fingerprint density at radius 2 is 1.62 bits per heavy atom. The molecule has 1 aromatic heterocycles. The lowest BCUT2D eigenvalue weighted by Gasteiger charge is -2.18. The number of nitrogens with one attached hydrogen (secondary N) is 1. The second-order valence-corrected chi connectivity index (χ2v) is 11.7. The second-order valence-electron chi connectivity index (χ2n) is 6.03. The minimum Gasteiger partial charge on any atom is -0.280 e. The number of hydrogen-bond donors (Lipinski definition) is 1. The number of fused-ring (bicyclic) bond motifs is 1. The van der Waals surface area contributed by atoms with E-state index in [1.54, 1.807) is 32.0 Å². The van der Waals surface area contributed by atoms with Gasteiger partial charge in [0.15, 0.2) is 4.34 Å². The van der Waals surface area contributed by atoms with E-state index in [2.05, 4.69) is 9.71 Å². The Balaban J connectivity index is 1.86. The summed E-state index contributed by atoms with van der Waals surface area (Å²) in [7, 11) is -7.49. The van der Waals surface area contributed by atoms with Gasteiger partial charge in [0.1, 0.15) is 0 Å². The Hall–Kier alpha value is -1.66. The molecule has 1 N–H and O–H groups in total. The minimum atomic E-state index is -3.85. The molecular weight excluding hydrogens is 450 g/mol. The first-order valence-corrected chi connectivity index (χ1v) is 13.7. The largest absolute Gasteiger partial charge is 0.280 e. The van der Waals surface area contributed by atoms with E-state index in [4.69, 9.17) is 0 Å². The Morgan fingerprint density at radius 3 is 2.21 bits per heavy atom. The van der Waals surface area contributed by atoms with Crippen LogP contribution in [0.3, 0.4) is 0 Å². The normalized spacial score (nSPS) is 12.6. The van der Waals surface area contributed by atoms with E-state index in [0.29, 0.717) is 18.8 Å². The summed E-state index contributed by atoms with van der Waals surface area (Å²) in [6, 6.07) is 10.4. The zero-order valence-electron chi connectivity index (χ0n) is 16.1. The number of aromatic nitrogens is 1. The smallest absolute Gasteiger partial charge is 0.261 e. The molecule has 0 aliphatic rings. The Morgan fingerprint density at radius 1 is 1.00 bits per heavy atom. The van der Waals surface area contributed by atoms with Crippen LogP contribution in [-0.2, 0) is 20.0 Å². The van der Waals surface area contributed by atoms with Crippen LogP contribution in [0.5, 0.6) is 0 Å². The van der Waals surface area contributed by atoms with Gasteiger partial charge >= 0.3 is 0 Å². The summed E-state index contributed by atoms with van der Waals surface area (Å²) < 4.78 is 56.2. The van der Waals surface area contributed by atoms with Crippen LogP contribution in [0, 0.1) is 0 Å². The van der Waals surface area contributed by atoms with Crippen molar-refractivity contribution in [2.45, 2.75) is 28.0 Å². The van der Waals surface area contributed by atoms with Gasteiger partial charge in [-0.25, -0.2) is 21.8 Å². The van der Waals surface area contributed by atoms with Gasteiger partial charge < -0.3 is 0 Å². The molecule has 11 heteroatoms. The third kappa shape index (κ3) is 4.58. The number of nitrogens with zero attached hydrogens (tertiary/aromatic N) is 2. The van der Waals surface area contributed by atoms with E-state index >= 15 is 0 Å². The van der Waals surface area contributed by atoms with Crippen molar-refractivity contribution in [2.75, 3.05) is 24.1 Å². The molecule has 156 valence electrons. The lowest BCUT2D eigenvalue weighted by molar-refractivity contribution is 0.445. The maximum absolute atomic E-state index is 12.7. The number of benzene rings is 2. The van der Waals surface area contributed by atoms with E-state index in [0.717, 1.165) is 14.6 Å². The monoisotopic (exact) mass is 471 g/mol. The Labute approximate surface area is 179 Å². The van der Waals surface area contributed by atoms with Gasteiger partial charge in [-0.1, -0.05) is 25.6 Å². The highest BCUT2D eigenvalue weighted by atomic mass is 32.2. The van der Waals surface area contributed by atoms with Gasteiger partial charge in [-0.15, -0.1) is 11.3 Å². The SMILES string of the molecule is CCN(CC)S(=O)(=O)c1ccc(S(=O)(=O)Nc2ccc3nc(SC)sc3c2)cc1. The van der Waals surface area contributed by atoms with Crippen LogP contribution >= 0.6 is 23.1 Å². The molecule has 0 aliphatic carbocycles. The highest BCUT2D eigenvalue weighted by Crippen LogP contribution is 2.30. The standard InChI is InChI=1S/C18H21N3O4S4/c1-4-21(5-2)29(24,25)15-9-7-14(8-10-15)28(22,23)20-13-6-11-16-17(12-13)27-18(19-16)26-3/h6-12,20H,4-5H2,1-3H3. The topological polar surface area (TPSA) is 96.4 Å². The summed E-state index contributed by atoms with van der Waals surface area (Å²) in [5, 5.41) is 0. The molecule has 7 nitrogen and oxygen atoms in total. The van der Waals surface area contributed by atoms with Gasteiger partial charge in [-0.2, -0.15) is 4.31 Å². The average molecular weight is 472 g/mol. The van der Waals surface area contributed by atoms with Gasteiger partial charge in [0.05, 0.1) is 25.7 Å². The molecule has 0 fully saturated rings. The Kier molecular flexibility index (Phi) is 6.54. The molecule has 0 aliphatic heterocycles. The molecule has 0 atom stereocenters. The van der Waals surface area contributed by atoms with E-state index in [1.165, 1.54) is 51.7 Å². The number of anilines is 1. The molecule has 0 saturated heterocycles. The van der Waals surface area contributed by atoms with E-state index in [9.17, 15) is 16.8 Å². The van der Waals surface area contributed by atoms with Crippen molar-refractivity contribution in [3.63, 3.8) is 0 Å². The summed E-state index contributed by atoms with van der Waals surface area (Å²) in [6.07, 6.45) is 1.94. The molecule has 0 bridgehead atoms. The van der Waals surface area contributed by atoms with Gasteiger partial charge in [0.25, 0.3) is 10.0 Å². The highest BCUT2D eigenvalue weighted by molar-refractivity contribution is 8.00. The first kappa shape index (κ1) is 22.0. The van der Waals surface area contributed by atoms with Crippen LogP contribution < -0.4 is 4.72 Å². The fraction of sp³-hybridized carbons (Fsp3) is 0.278. The minimum absolute atomic E-state index is 0.00907. The van der Waals surface area contributed by atoms with Gasteiger partial charge in [0.2, 0.25) is 10.0 Å². The third-order valence-electron chi connectivity index (χ3n) is 4.27. The van der Waals surface area contributed by atoms with E-state index in [-0.39, 0.29) is 9.79 Å². The molecular formula is C18H21N3O4S4. The molecule has 0 amide bonds. The zero-order chi connectivity index (χ0) is 21.2. The van der Waals surface area contributed by atoms with Crippen molar-refractivity contribution >= 4 is 59.0 Å². The van der Waals surface area contributed by atoms with Crippen molar-refractivity contribution in [1.29, 1.82) is 0 Å². The summed E-state index contributed by atoms with van der Waals surface area (Å²) in [6.45, 7) is 4.20.